The molecule has 0 amide bonds. The number of Topliss-reactive ketones (excluding diaryl/α,β-unsaturated/α-hetero) is 1. The zero-order chi connectivity index (χ0) is 15.0. The number of aliphatic hydroxyl groups excluding tert-OH is 1. The van der Waals surface area contributed by atoms with Crippen molar-refractivity contribution >= 4 is 5.78 Å². The molecular formula is C13H14F4O2. The Morgan fingerprint density at radius 1 is 1.21 bits per heavy atom. The summed E-state index contributed by atoms with van der Waals surface area (Å²) < 4.78 is 50.4. The molecule has 1 atom stereocenters. The molecule has 0 aliphatic heterocycles. The summed E-state index contributed by atoms with van der Waals surface area (Å²) in [5.41, 5.74) is -2.50. The zero-order valence-corrected chi connectivity index (χ0v) is 10.7. The van der Waals surface area contributed by atoms with E-state index in [9.17, 15) is 27.5 Å². The van der Waals surface area contributed by atoms with Crippen LogP contribution in [0.25, 0.3) is 0 Å². The highest BCUT2D eigenvalue weighted by Crippen LogP contribution is 2.32. The van der Waals surface area contributed by atoms with Gasteiger partial charge in [0.05, 0.1) is 5.56 Å². The lowest BCUT2D eigenvalue weighted by Gasteiger charge is -2.24. The Morgan fingerprint density at radius 3 is 2.11 bits per heavy atom. The van der Waals surface area contributed by atoms with Gasteiger partial charge in [-0.25, -0.2) is 4.39 Å². The van der Waals surface area contributed by atoms with Crippen LogP contribution in [0.1, 0.15) is 36.7 Å². The van der Waals surface area contributed by atoms with E-state index in [4.69, 9.17) is 0 Å². The summed E-state index contributed by atoms with van der Waals surface area (Å²) in [6.45, 7) is 4.78. The minimum absolute atomic E-state index is 0.284. The molecule has 0 spiro atoms. The van der Waals surface area contributed by atoms with Gasteiger partial charge in [0.15, 0.2) is 5.78 Å². The Kier molecular flexibility index (Phi) is 4.05. The molecular weight excluding hydrogens is 264 g/mol. The number of aliphatic hydroxyl groups is 1. The molecule has 0 aliphatic rings. The van der Waals surface area contributed by atoms with E-state index in [-0.39, 0.29) is 5.56 Å². The third-order valence-corrected chi connectivity index (χ3v) is 2.63. The van der Waals surface area contributed by atoms with Crippen LogP contribution in [0.4, 0.5) is 17.6 Å². The largest absolute Gasteiger partial charge is 0.419 e. The van der Waals surface area contributed by atoms with Gasteiger partial charge in [0.2, 0.25) is 0 Å². The third-order valence-electron chi connectivity index (χ3n) is 2.63. The van der Waals surface area contributed by atoms with Crippen molar-refractivity contribution in [3.63, 3.8) is 0 Å². The lowest BCUT2D eigenvalue weighted by Crippen LogP contribution is -2.34. The zero-order valence-electron chi connectivity index (χ0n) is 10.7. The molecule has 1 aromatic carbocycles. The highest BCUT2D eigenvalue weighted by Gasteiger charge is 2.35. The van der Waals surface area contributed by atoms with Crippen LogP contribution >= 0.6 is 0 Å². The molecule has 1 N–H and O–H groups in total. The molecule has 0 aliphatic carbocycles. The number of halogens is 4. The molecule has 0 heterocycles. The maximum atomic E-state index is 13.3. The summed E-state index contributed by atoms with van der Waals surface area (Å²) in [7, 11) is 0. The molecule has 0 fully saturated rings. The van der Waals surface area contributed by atoms with Crippen LogP contribution in [0, 0.1) is 11.2 Å². The van der Waals surface area contributed by atoms with Crippen LogP contribution in [-0.4, -0.2) is 17.0 Å². The second-order valence-corrected chi connectivity index (χ2v) is 5.33. The van der Waals surface area contributed by atoms with E-state index in [1.165, 1.54) is 0 Å². The highest BCUT2D eigenvalue weighted by molar-refractivity contribution is 5.99. The number of ketones is 1. The fourth-order valence-corrected chi connectivity index (χ4v) is 1.45. The number of hydrogen-bond donors (Lipinski definition) is 1. The molecule has 106 valence electrons. The predicted molar refractivity (Wildman–Crippen MR) is 61.2 cm³/mol. The molecule has 0 bridgehead atoms. The molecule has 1 rings (SSSR count). The van der Waals surface area contributed by atoms with Gasteiger partial charge in [0.1, 0.15) is 11.9 Å². The Labute approximate surface area is 108 Å². The van der Waals surface area contributed by atoms with Gasteiger partial charge in [0, 0.05) is 5.56 Å². The summed E-state index contributed by atoms with van der Waals surface area (Å²) in [6, 6.07) is 1.86. The quantitative estimate of drug-likeness (QED) is 0.664. The van der Waals surface area contributed by atoms with Crippen molar-refractivity contribution in [1.82, 2.24) is 0 Å². The summed E-state index contributed by atoms with van der Waals surface area (Å²) in [6.07, 6.45) is -6.22. The number of rotatable bonds is 2. The topological polar surface area (TPSA) is 37.3 Å². The number of carbonyl (C=O) groups excluding carboxylic acids is 1. The van der Waals surface area contributed by atoms with Crippen molar-refractivity contribution < 1.29 is 27.5 Å². The van der Waals surface area contributed by atoms with Crippen LogP contribution in [0.5, 0.6) is 0 Å². The monoisotopic (exact) mass is 278 g/mol. The molecule has 0 aromatic heterocycles. The third kappa shape index (κ3) is 3.53. The number of alkyl halides is 3. The van der Waals surface area contributed by atoms with E-state index in [0.717, 1.165) is 6.07 Å². The number of benzene rings is 1. The normalized spacial score (nSPS) is 14.3. The van der Waals surface area contributed by atoms with Gasteiger partial charge in [0.25, 0.3) is 0 Å². The first-order valence-corrected chi connectivity index (χ1v) is 5.53. The van der Waals surface area contributed by atoms with Crippen molar-refractivity contribution in [3.05, 3.63) is 35.1 Å². The summed E-state index contributed by atoms with van der Waals surface area (Å²) in [5.74, 6) is -2.33. The lowest BCUT2D eigenvalue weighted by molar-refractivity contribution is -0.140. The van der Waals surface area contributed by atoms with Gasteiger partial charge in [-0.15, -0.1) is 0 Å². The van der Waals surface area contributed by atoms with Gasteiger partial charge in [-0.2, -0.15) is 13.2 Å². The van der Waals surface area contributed by atoms with Crippen LogP contribution < -0.4 is 0 Å². The first-order chi connectivity index (χ1) is 8.44. The molecule has 6 heteroatoms. The molecule has 2 nitrogen and oxygen atoms in total. The molecule has 0 saturated heterocycles. The van der Waals surface area contributed by atoms with Crippen LogP contribution in [0.15, 0.2) is 18.2 Å². The Balaban J connectivity index is 3.12. The number of carbonyl (C=O) groups is 1. The fourth-order valence-electron chi connectivity index (χ4n) is 1.45. The van der Waals surface area contributed by atoms with Gasteiger partial charge >= 0.3 is 6.18 Å². The van der Waals surface area contributed by atoms with Crippen molar-refractivity contribution in [2.75, 3.05) is 0 Å². The lowest BCUT2D eigenvalue weighted by atomic mass is 9.84. The maximum Gasteiger partial charge on any atom is 0.419 e. The predicted octanol–water partition coefficient (Wildman–Crippen LogP) is 3.43. The highest BCUT2D eigenvalue weighted by atomic mass is 19.4. The maximum absolute atomic E-state index is 13.3. The van der Waals surface area contributed by atoms with E-state index in [0.29, 0.717) is 12.1 Å². The standard InChI is InChI=1S/C13H14F4O2/c1-12(2,3)11(19)10(18)7-4-5-8(9(14)6-7)13(15,16)17/h4-6,11,19H,1-3H3. The van der Waals surface area contributed by atoms with Crippen LogP contribution in [0.3, 0.4) is 0 Å². The minimum atomic E-state index is -4.81. The van der Waals surface area contributed by atoms with E-state index >= 15 is 0 Å². The first-order valence-electron chi connectivity index (χ1n) is 5.53. The first kappa shape index (κ1) is 15.6. The van der Waals surface area contributed by atoms with Gasteiger partial charge in [-0.3, -0.25) is 4.79 Å². The Bertz CT molecular complexity index is 486. The Morgan fingerprint density at radius 2 is 1.74 bits per heavy atom. The number of hydrogen-bond acceptors (Lipinski definition) is 2. The second-order valence-electron chi connectivity index (χ2n) is 5.33. The van der Waals surface area contributed by atoms with Crippen molar-refractivity contribution in [1.29, 1.82) is 0 Å². The SMILES string of the molecule is CC(C)(C)C(O)C(=O)c1ccc(C(F)(F)F)c(F)c1. The van der Waals surface area contributed by atoms with Crippen molar-refractivity contribution in [2.24, 2.45) is 5.41 Å². The summed E-state index contributed by atoms with van der Waals surface area (Å²) >= 11 is 0. The van der Waals surface area contributed by atoms with E-state index in [1.807, 2.05) is 0 Å². The van der Waals surface area contributed by atoms with Crippen LogP contribution in [-0.2, 0) is 6.18 Å². The van der Waals surface area contributed by atoms with Crippen molar-refractivity contribution in [3.8, 4) is 0 Å². The molecule has 0 radical (unpaired) electrons. The minimum Gasteiger partial charge on any atom is -0.384 e. The summed E-state index contributed by atoms with van der Waals surface area (Å²) in [5, 5.41) is 9.73. The molecule has 1 aromatic rings. The van der Waals surface area contributed by atoms with Crippen LogP contribution in [0.2, 0.25) is 0 Å². The van der Waals surface area contributed by atoms with E-state index < -0.39 is 34.9 Å². The van der Waals surface area contributed by atoms with E-state index in [2.05, 4.69) is 0 Å². The average Bonchev–Trinajstić information content (AvgIpc) is 2.23. The molecule has 0 saturated carbocycles. The smallest absolute Gasteiger partial charge is 0.384 e. The van der Waals surface area contributed by atoms with E-state index in [1.54, 1.807) is 20.8 Å². The average molecular weight is 278 g/mol. The van der Waals surface area contributed by atoms with Gasteiger partial charge in [-0.1, -0.05) is 26.8 Å². The Hall–Kier alpha value is -1.43. The second kappa shape index (κ2) is 4.92. The molecule has 1 unspecified atom stereocenters. The van der Waals surface area contributed by atoms with Crippen molar-refractivity contribution in [2.45, 2.75) is 33.1 Å². The molecule has 19 heavy (non-hydrogen) atoms. The summed E-state index contributed by atoms with van der Waals surface area (Å²) in [4.78, 5) is 11.8. The van der Waals surface area contributed by atoms with Gasteiger partial charge < -0.3 is 5.11 Å². The van der Waals surface area contributed by atoms with Gasteiger partial charge in [-0.05, 0) is 17.5 Å². The fraction of sp³-hybridized carbons (Fsp3) is 0.462.